The topological polar surface area (TPSA) is 61.4 Å². The molecule has 100 valence electrons. The summed E-state index contributed by atoms with van der Waals surface area (Å²) >= 11 is 0. The van der Waals surface area contributed by atoms with Gasteiger partial charge in [-0.05, 0) is 18.9 Å². The Labute approximate surface area is 113 Å². The molecule has 0 radical (unpaired) electrons. The number of carbonyl (C=O) groups is 1. The van der Waals surface area contributed by atoms with Gasteiger partial charge in [-0.3, -0.25) is 4.79 Å². The van der Waals surface area contributed by atoms with E-state index in [2.05, 4.69) is 16.7 Å². The molecule has 1 fully saturated rings. The molecule has 4 nitrogen and oxygen atoms in total. The molecular weight excluding hydrogens is 252 g/mol. The molecule has 1 saturated heterocycles. The summed E-state index contributed by atoms with van der Waals surface area (Å²) in [7, 11) is 0. The number of aryl methyl sites for hydroxylation is 1. The van der Waals surface area contributed by atoms with E-state index in [1.54, 1.807) is 0 Å². The molecule has 1 aromatic carbocycles. The van der Waals surface area contributed by atoms with Crippen molar-refractivity contribution in [3.8, 4) is 0 Å². The van der Waals surface area contributed by atoms with Crippen LogP contribution in [0.25, 0.3) is 0 Å². The van der Waals surface area contributed by atoms with Gasteiger partial charge in [-0.15, -0.1) is 12.4 Å². The van der Waals surface area contributed by atoms with Crippen LogP contribution in [0, 0.1) is 6.92 Å². The standard InChI is InChI=1S/C13H18N2O2.ClH/c1-9-3-2-4-10(5-9)7-15-13(17)12-6-11(16)8-14-12;/h2-5,11-12,14,16H,6-8H2,1H3,(H,15,17);1H. The molecule has 18 heavy (non-hydrogen) atoms. The second-order valence-electron chi connectivity index (χ2n) is 4.56. The minimum atomic E-state index is -0.398. The molecule has 0 aromatic heterocycles. The summed E-state index contributed by atoms with van der Waals surface area (Å²) in [5.74, 6) is -0.0388. The van der Waals surface area contributed by atoms with E-state index in [4.69, 9.17) is 0 Å². The first-order chi connectivity index (χ1) is 8.15. The normalized spacial score (nSPS) is 22.3. The Morgan fingerprint density at radius 3 is 2.94 bits per heavy atom. The van der Waals surface area contributed by atoms with Crippen LogP contribution in [-0.4, -0.2) is 29.7 Å². The van der Waals surface area contributed by atoms with E-state index in [0.717, 1.165) is 5.56 Å². The smallest absolute Gasteiger partial charge is 0.237 e. The maximum absolute atomic E-state index is 11.8. The van der Waals surface area contributed by atoms with Gasteiger partial charge in [0.05, 0.1) is 12.1 Å². The number of β-amino-alcohol motifs (C(OH)–C–C–N with tert-alkyl or cyclic N) is 1. The van der Waals surface area contributed by atoms with Crippen molar-refractivity contribution in [3.05, 3.63) is 35.4 Å². The van der Waals surface area contributed by atoms with Crippen molar-refractivity contribution in [1.82, 2.24) is 10.6 Å². The molecule has 2 unspecified atom stereocenters. The summed E-state index contributed by atoms with van der Waals surface area (Å²) in [6.07, 6.45) is 0.101. The third-order valence-corrected chi connectivity index (χ3v) is 2.97. The second kappa shape index (κ2) is 6.73. The van der Waals surface area contributed by atoms with Crippen molar-refractivity contribution in [2.24, 2.45) is 0 Å². The Bertz CT molecular complexity index is 412. The molecule has 1 amide bonds. The lowest BCUT2D eigenvalue weighted by molar-refractivity contribution is -0.123. The average Bonchev–Trinajstić information content (AvgIpc) is 2.73. The highest BCUT2D eigenvalue weighted by Crippen LogP contribution is 2.07. The number of aliphatic hydroxyl groups is 1. The van der Waals surface area contributed by atoms with Crippen LogP contribution in [-0.2, 0) is 11.3 Å². The lowest BCUT2D eigenvalue weighted by Gasteiger charge is -2.11. The summed E-state index contributed by atoms with van der Waals surface area (Å²) in [5, 5.41) is 15.2. The van der Waals surface area contributed by atoms with Crippen LogP contribution in [0.5, 0.6) is 0 Å². The van der Waals surface area contributed by atoms with Gasteiger partial charge in [-0.2, -0.15) is 0 Å². The number of nitrogens with one attached hydrogen (secondary N) is 2. The molecule has 1 heterocycles. The SMILES string of the molecule is Cc1cccc(CNC(=O)C2CC(O)CN2)c1.Cl. The zero-order valence-corrected chi connectivity index (χ0v) is 11.2. The monoisotopic (exact) mass is 270 g/mol. The highest BCUT2D eigenvalue weighted by molar-refractivity contribution is 5.85. The first kappa shape index (κ1) is 15.0. The number of rotatable bonds is 3. The van der Waals surface area contributed by atoms with Gasteiger partial charge in [0.25, 0.3) is 0 Å². The summed E-state index contributed by atoms with van der Waals surface area (Å²) in [6.45, 7) is 3.07. The Morgan fingerprint density at radius 1 is 1.56 bits per heavy atom. The zero-order valence-electron chi connectivity index (χ0n) is 10.3. The number of aliphatic hydroxyl groups excluding tert-OH is 1. The number of hydrogen-bond donors (Lipinski definition) is 3. The minimum absolute atomic E-state index is 0. The maximum atomic E-state index is 11.8. The molecule has 0 bridgehead atoms. The van der Waals surface area contributed by atoms with E-state index in [1.165, 1.54) is 5.56 Å². The Morgan fingerprint density at radius 2 is 2.33 bits per heavy atom. The maximum Gasteiger partial charge on any atom is 0.237 e. The Kier molecular flexibility index (Phi) is 5.59. The largest absolute Gasteiger partial charge is 0.392 e. The molecule has 3 N–H and O–H groups in total. The van der Waals surface area contributed by atoms with Crippen molar-refractivity contribution in [1.29, 1.82) is 0 Å². The highest BCUT2D eigenvalue weighted by Gasteiger charge is 2.27. The highest BCUT2D eigenvalue weighted by atomic mass is 35.5. The number of benzene rings is 1. The molecule has 2 rings (SSSR count). The van der Waals surface area contributed by atoms with Crippen LogP contribution in [0.2, 0.25) is 0 Å². The first-order valence-corrected chi connectivity index (χ1v) is 5.90. The predicted molar refractivity (Wildman–Crippen MR) is 72.7 cm³/mol. The van der Waals surface area contributed by atoms with Gasteiger partial charge in [0.2, 0.25) is 5.91 Å². The van der Waals surface area contributed by atoms with Gasteiger partial charge in [-0.1, -0.05) is 29.8 Å². The molecule has 1 aliphatic rings. The third-order valence-electron chi connectivity index (χ3n) is 2.97. The fourth-order valence-corrected chi connectivity index (χ4v) is 2.05. The van der Waals surface area contributed by atoms with Crippen LogP contribution >= 0.6 is 12.4 Å². The zero-order chi connectivity index (χ0) is 12.3. The molecule has 2 atom stereocenters. The van der Waals surface area contributed by atoms with Crippen molar-refractivity contribution in [3.63, 3.8) is 0 Å². The van der Waals surface area contributed by atoms with Gasteiger partial charge < -0.3 is 15.7 Å². The summed E-state index contributed by atoms with van der Waals surface area (Å²) in [4.78, 5) is 11.8. The molecule has 0 aliphatic carbocycles. The van der Waals surface area contributed by atoms with Crippen molar-refractivity contribution in [2.45, 2.75) is 32.0 Å². The fourth-order valence-electron chi connectivity index (χ4n) is 2.05. The number of halogens is 1. The number of amides is 1. The van der Waals surface area contributed by atoms with E-state index in [9.17, 15) is 9.90 Å². The minimum Gasteiger partial charge on any atom is -0.392 e. The van der Waals surface area contributed by atoms with Gasteiger partial charge in [0, 0.05) is 13.1 Å². The second-order valence-corrected chi connectivity index (χ2v) is 4.56. The Hall–Kier alpha value is -1.10. The van der Waals surface area contributed by atoms with E-state index < -0.39 is 6.10 Å². The van der Waals surface area contributed by atoms with Crippen LogP contribution in [0.1, 0.15) is 17.5 Å². The predicted octanol–water partition coefficient (Wildman–Crippen LogP) is 0.756. The summed E-state index contributed by atoms with van der Waals surface area (Å²) in [6, 6.07) is 7.80. The van der Waals surface area contributed by atoms with Crippen LogP contribution < -0.4 is 10.6 Å². The van der Waals surface area contributed by atoms with Crippen LogP contribution in [0.3, 0.4) is 0 Å². The van der Waals surface area contributed by atoms with E-state index >= 15 is 0 Å². The first-order valence-electron chi connectivity index (χ1n) is 5.90. The third kappa shape index (κ3) is 3.98. The number of hydrogen-bond acceptors (Lipinski definition) is 3. The molecule has 1 aromatic rings. The lowest BCUT2D eigenvalue weighted by Crippen LogP contribution is -2.40. The molecule has 1 aliphatic heterocycles. The molecule has 5 heteroatoms. The van der Waals surface area contributed by atoms with Gasteiger partial charge in [0.1, 0.15) is 0 Å². The van der Waals surface area contributed by atoms with E-state index in [1.807, 2.05) is 25.1 Å². The van der Waals surface area contributed by atoms with E-state index in [0.29, 0.717) is 19.5 Å². The van der Waals surface area contributed by atoms with Gasteiger partial charge in [0.15, 0.2) is 0 Å². The van der Waals surface area contributed by atoms with Crippen LogP contribution in [0.4, 0.5) is 0 Å². The molecule has 0 saturated carbocycles. The van der Waals surface area contributed by atoms with Gasteiger partial charge in [-0.25, -0.2) is 0 Å². The summed E-state index contributed by atoms with van der Waals surface area (Å²) < 4.78 is 0. The van der Waals surface area contributed by atoms with Crippen molar-refractivity contribution in [2.75, 3.05) is 6.54 Å². The average molecular weight is 271 g/mol. The molecule has 0 spiro atoms. The van der Waals surface area contributed by atoms with Crippen molar-refractivity contribution >= 4 is 18.3 Å². The van der Waals surface area contributed by atoms with Crippen LogP contribution in [0.15, 0.2) is 24.3 Å². The fraction of sp³-hybridized carbons (Fsp3) is 0.462. The summed E-state index contributed by atoms with van der Waals surface area (Å²) in [5.41, 5.74) is 2.28. The van der Waals surface area contributed by atoms with Crippen molar-refractivity contribution < 1.29 is 9.90 Å². The number of carbonyl (C=O) groups excluding carboxylic acids is 1. The molecular formula is C13H19ClN2O2. The van der Waals surface area contributed by atoms with E-state index in [-0.39, 0.29) is 24.4 Å². The Balaban J connectivity index is 0.00000162. The lowest BCUT2D eigenvalue weighted by atomic mass is 10.1. The quantitative estimate of drug-likeness (QED) is 0.760. The van der Waals surface area contributed by atoms with Gasteiger partial charge >= 0.3 is 0 Å².